The van der Waals surface area contributed by atoms with Crippen LogP contribution in [-0.4, -0.2) is 19.7 Å². The monoisotopic (exact) mass is 314 g/mol. The van der Waals surface area contributed by atoms with Gasteiger partial charge in [-0.2, -0.15) is 0 Å². The van der Waals surface area contributed by atoms with E-state index in [1.54, 1.807) is 7.11 Å². The zero-order chi connectivity index (χ0) is 16.7. The first kappa shape index (κ1) is 16.9. The van der Waals surface area contributed by atoms with Crippen molar-refractivity contribution in [1.82, 2.24) is 0 Å². The molecule has 2 aromatic rings. The maximum Gasteiger partial charge on any atom is 0.311 e. The smallest absolute Gasteiger partial charge is 0.311 e. The lowest BCUT2D eigenvalue weighted by Gasteiger charge is -2.09. The lowest BCUT2D eigenvalue weighted by molar-refractivity contribution is -0.134. The Labute approximate surface area is 137 Å². The number of rotatable bonds is 7. The van der Waals surface area contributed by atoms with Gasteiger partial charge in [0.05, 0.1) is 13.7 Å². The predicted molar refractivity (Wildman–Crippen MR) is 89.3 cm³/mol. The molecule has 0 amide bonds. The minimum Gasteiger partial charge on any atom is -0.497 e. The average Bonchev–Trinajstić information content (AvgIpc) is 2.55. The van der Waals surface area contributed by atoms with E-state index < -0.39 is 0 Å². The maximum absolute atomic E-state index is 11.9. The Balaban J connectivity index is 1.72. The normalized spacial score (nSPS) is 10.2. The standard InChI is InChI=1S/C19H22O4/c1-14-6-11-18(15(2)13-14)23-19(20)5-4-12-22-17-9-7-16(21-3)8-10-17/h6-11,13H,4-5,12H2,1-3H3. The molecule has 0 spiro atoms. The number of carbonyl (C=O) groups is 1. The Hall–Kier alpha value is -2.49. The summed E-state index contributed by atoms with van der Waals surface area (Å²) in [6.45, 7) is 4.41. The van der Waals surface area contributed by atoms with Crippen molar-refractivity contribution in [2.24, 2.45) is 0 Å². The average molecular weight is 314 g/mol. The second-order valence-corrected chi connectivity index (χ2v) is 5.37. The van der Waals surface area contributed by atoms with E-state index in [2.05, 4.69) is 0 Å². The Bertz CT molecular complexity index is 647. The van der Waals surface area contributed by atoms with E-state index in [-0.39, 0.29) is 5.97 Å². The molecule has 2 rings (SSSR count). The van der Waals surface area contributed by atoms with Crippen molar-refractivity contribution < 1.29 is 19.0 Å². The predicted octanol–water partition coefficient (Wildman–Crippen LogP) is 4.08. The zero-order valence-electron chi connectivity index (χ0n) is 13.8. The van der Waals surface area contributed by atoms with Crippen LogP contribution in [0.4, 0.5) is 0 Å². The van der Waals surface area contributed by atoms with Crippen LogP contribution >= 0.6 is 0 Å². The van der Waals surface area contributed by atoms with Crippen molar-refractivity contribution in [2.45, 2.75) is 26.7 Å². The molecule has 0 aromatic heterocycles. The van der Waals surface area contributed by atoms with Crippen molar-refractivity contribution in [3.05, 3.63) is 53.6 Å². The fourth-order valence-corrected chi connectivity index (χ4v) is 2.17. The van der Waals surface area contributed by atoms with Crippen LogP contribution in [0, 0.1) is 13.8 Å². The zero-order valence-corrected chi connectivity index (χ0v) is 13.8. The summed E-state index contributed by atoms with van der Waals surface area (Å²) < 4.78 is 16.0. The van der Waals surface area contributed by atoms with Gasteiger partial charge in [-0.3, -0.25) is 4.79 Å². The van der Waals surface area contributed by atoms with Gasteiger partial charge in [0, 0.05) is 6.42 Å². The Kier molecular flexibility index (Phi) is 6.03. The van der Waals surface area contributed by atoms with E-state index in [0.717, 1.165) is 22.6 Å². The molecule has 0 N–H and O–H groups in total. The topological polar surface area (TPSA) is 44.8 Å². The molecule has 0 unspecified atom stereocenters. The number of esters is 1. The van der Waals surface area contributed by atoms with Crippen LogP contribution < -0.4 is 14.2 Å². The third-order valence-electron chi connectivity index (χ3n) is 3.41. The van der Waals surface area contributed by atoms with Gasteiger partial charge in [0.25, 0.3) is 0 Å². The number of hydrogen-bond acceptors (Lipinski definition) is 4. The van der Waals surface area contributed by atoms with Crippen molar-refractivity contribution in [2.75, 3.05) is 13.7 Å². The summed E-state index contributed by atoms with van der Waals surface area (Å²) in [4.78, 5) is 11.9. The first-order valence-corrected chi connectivity index (χ1v) is 7.63. The molecule has 0 fully saturated rings. The van der Waals surface area contributed by atoms with Crippen LogP contribution in [0.5, 0.6) is 17.2 Å². The number of aryl methyl sites for hydroxylation is 2. The van der Waals surface area contributed by atoms with Crippen LogP contribution in [0.25, 0.3) is 0 Å². The van der Waals surface area contributed by atoms with Gasteiger partial charge in [0.2, 0.25) is 0 Å². The molecule has 0 atom stereocenters. The molecular weight excluding hydrogens is 292 g/mol. The van der Waals surface area contributed by atoms with Gasteiger partial charge in [-0.15, -0.1) is 0 Å². The first-order valence-electron chi connectivity index (χ1n) is 7.63. The molecule has 0 heterocycles. The fourth-order valence-electron chi connectivity index (χ4n) is 2.17. The Morgan fingerprint density at radius 1 is 1.00 bits per heavy atom. The second-order valence-electron chi connectivity index (χ2n) is 5.37. The van der Waals surface area contributed by atoms with E-state index in [4.69, 9.17) is 14.2 Å². The van der Waals surface area contributed by atoms with Crippen LogP contribution in [0.1, 0.15) is 24.0 Å². The largest absolute Gasteiger partial charge is 0.497 e. The summed E-state index contributed by atoms with van der Waals surface area (Å²) in [7, 11) is 1.62. The van der Waals surface area contributed by atoms with Gasteiger partial charge in [0.15, 0.2) is 0 Å². The number of methoxy groups -OCH3 is 1. The van der Waals surface area contributed by atoms with Crippen LogP contribution in [0.2, 0.25) is 0 Å². The molecule has 2 aromatic carbocycles. The minimum atomic E-state index is -0.240. The minimum absolute atomic E-state index is 0.240. The Morgan fingerprint density at radius 2 is 1.70 bits per heavy atom. The molecule has 0 saturated carbocycles. The van der Waals surface area contributed by atoms with Crippen molar-refractivity contribution in [3.8, 4) is 17.2 Å². The first-order chi connectivity index (χ1) is 11.1. The molecule has 0 saturated heterocycles. The van der Waals surface area contributed by atoms with E-state index in [0.29, 0.717) is 25.2 Å². The van der Waals surface area contributed by atoms with Crippen LogP contribution in [0.15, 0.2) is 42.5 Å². The highest BCUT2D eigenvalue weighted by Gasteiger charge is 2.07. The molecule has 4 heteroatoms. The molecular formula is C19H22O4. The summed E-state index contributed by atoms with van der Waals surface area (Å²) >= 11 is 0. The summed E-state index contributed by atoms with van der Waals surface area (Å²) in [6.07, 6.45) is 0.930. The lowest BCUT2D eigenvalue weighted by Crippen LogP contribution is -2.10. The van der Waals surface area contributed by atoms with Gasteiger partial charge < -0.3 is 14.2 Å². The van der Waals surface area contributed by atoms with E-state index in [1.165, 1.54) is 0 Å². The Morgan fingerprint density at radius 3 is 2.35 bits per heavy atom. The number of carbonyl (C=O) groups excluding carboxylic acids is 1. The number of benzene rings is 2. The van der Waals surface area contributed by atoms with E-state index in [1.807, 2.05) is 56.3 Å². The highest BCUT2D eigenvalue weighted by molar-refractivity contribution is 5.72. The van der Waals surface area contributed by atoms with Gasteiger partial charge in [0.1, 0.15) is 17.2 Å². The van der Waals surface area contributed by atoms with Crippen molar-refractivity contribution >= 4 is 5.97 Å². The van der Waals surface area contributed by atoms with Gasteiger partial charge in [-0.1, -0.05) is 17.7 Å². The molecule has 0 bridgehead atoms. The van der Waals surface area contributed by atoms with Crippen LogP contribution in [0.3, 0.4) is 0 Å². The molecule has 0 aliphatic rings. The third-order valence-corrected chi connectivity index (χ3v) is 3.41. The molecule has 0 aliphatic heterocycles. The van der Waals surface area contributed by atoms with Gasteiger partial charge in [-0.25, -0.2) is 0 Å². The number of ether oxygens (including phenoxy) is 3. The summed E-state index contributed by atoms with van der Waals surface area (Å²) in [5.74, 6) is 1.93. The molecule has 4 nitrogen and oxygen atoms in total. The van der Waals surface area contributed by atoms with E-state index in [9.17, 15) is 4.79 Å². The maximum atomic E-state index is 11.9. The summed E-state index contributed by atoms with van der Waals surface area (Å²) in [5, 5.41) is 0. The highest BCUT2D eigenvalue weighted by Crippen LogP contribution is 2.20. The van der Waals surface area contributed by atoms with Gasteiger partial charge >= 0.3 is 5.97 Å². The third kappa shape index (κ3) is 5.33. The fraction of sp³-hybridized carbons (Fsp3) is 0.316. The van der Waals surface area contributed by atoms with E-state index >= 15 is 0 Å². The highest BCUT2D eigenvalue weighted by atomic mass is 16.5. The van der Waals surface area contributed by atoms with Gasteiger partial charge in [-0.05, 0) is 56.2 Å². The molecule has 0 aliphatic carbocycles. The van der Waals surface area contributed by atoms with Crippen molar-refractivity contribution in [3.63, 3.8) is 0 Å². The van der Waals surface area contributed by atoms with Crippen LogP contribution in [-0.2, 0) is 4.79 Å². The lowest BCUT2D eigenvalue weighted by atomic mass is 10.1. The SMILES string of the molecule is COc1ccc(OCCCC(=O)Oc2ccc(C)cc2C)cc1. The molecule has 122 valence electrons. The summed E-state index contributed by atoms with van der Waals surface area (Å²) in [5.41, 5.74) is 2.11. The summed E-state index contributed by atoms with van der Waals surface area (Å²) in [6, 6.07) is 13.1. The molecule has 0 radical (unpaired) electrons. The second kappa shape index (κ2) is 8.22. The molecule has 23 heavy (non-hydrogen) atoms. The number of hydrogen-bond donors (Lipinski definition) is 0. The van der Waals surface area contributed by atoms with Crippen molar-refractivity contribution in [1.29, 1.82) is 0 Å². The quantitative estimate of drug-likeness (QED) is 0.439.